The molecule has 0 amide bonds. The van der Waals surface area contributed by atoms with Crippen LogP contribution in [0, 0.1) is 22.7 Å². The van der Waals surface area contributed by atoms with Crippen LogP contribution in [0.4, 0.5) is 0 Å². The van der Waals surface area contributed by atoms with Crippen LogP contribution < -0.4 is 0 Å². The minimum Gasteiger partial charge on any atom is -0.389 e. The summed E-state index contributed by atoms with van der Waals surface area (Å²) in [4.78, 5) is 0. The van der Waals surface area contributed by atoms with Gasteiger partial charge in [0, 0.05) is 5.41 Å². The molecule has 27 heavy (non-hydrogen) atoms. The monoisotopic (exact) mass is 388 g/mol. The van der Waals surface area contributed by atoms with Gasteiger partial charge in [0.05, 0.1) is 17.3 Å². The zero-order chi connectivity index (χ0) is 19.1. The summed E-state index contributed by atoms with van der Waals surface area (Å²) in [5, 5.41) is 38.1. The van der Waals surface area contributed by atoms with Crippen molar-refractivity contribution in [3.63, 3.8) is 0 Å². The maximum absolute atomic E-state index is 12.1. The van der Waals surface area contributed by atoms with E-state index in [2.05, 4.69) is 25.3 Å². The first-order chi connectivity index (χ1) is 12.7. The molecule has 0 bridgehead atoms. The topological polar surface area (TPSA) is 60.7 Å². The minimum atomic E-state index is -0.924. The second-order valence-corrected chi connectivity index (χ2v) is 10.9. The first-order valence-electron chi connectivity index (χ1n) is 10.6. The van der Waals surface area contributed by atoms with Gasteiger partial charge in [0.15, 0.2) is 0 Å². The summed E-state index contributed by atoms with van der Waals surface area (Å²) in [6.07, 6.45) is 8.87. The number of fused-ring (bicyclic) bond motifs is 5. The Hall–Kier alpha value is -0.680. The van der Waals surface area contributed by atoms with E-state index in [1.807, 2.05) is 11.4 Å². The molecule has 0 saturated heterocycles. The van der Waals surface area contributed by atoms with Crippen molar-refractivity contribution in [3.05, 3.63) is 34.0 Å². The van der Waals surface area contributed by atoms with Crippen LogP contribution in [0.2, 0.25) is 0 Å². The van der Waals surface area contributed by atoms with Crippen LogP contribution >= 0.6 is 11.3 Å². The third-order valence-corrected chi connectivity index (χ3v) is 10.1. The quantitative estimate of drug-likeness (QED) is 0.626. The van der Waals surface area contributed by atoms with Gasteiger partial charge in [0.2, 0.25) is 0 Å². The Kier molecular flexibility index (Phi) is 3.87. The van der Waals surface area contributed by atoms with Crippen molar-refractivity contribution in [1.29, 1.82) is 0 Å². The number of allylic oxidation sites excluding steroid dienone is 1. The highest BCUT2D eigenvalue weighted by molar-refractivity contribution is 7.08. The Morgan fingerprint density at radius 2 is 1.81 bits per heavy atom. The number of aliphatic hydroxyl groups excluding tert-OH is 1. The molecular formula is C23H32O3S. The molecule has 1 aromatic heterocycles. The Bertz CT molecular complexity index is 773. The van der Waals surface area contributed by atoms with E-state index in [0.29, 0.717) is 18.8 Å². The summed E-state index contributed by atoms with van der Waals surface area (Å²) in [7, 11) is 0. The van der Waals surface area contributed by atoms with Crippen molar-refractivity contribution in [2.24, 2.45) is 22.7 Å². The molecule has 3 saturated carbocycles. The van der Waals surface area contributed by atoms with Crippen LogP contribution in [-0.2, 0) is 5.60 Å². The molecular weight excluding hydrogens is 356 g/mol. The molecule has 0 spiro atoms. The predicted octanol–water partition coefficient (Wildman–Crippen LogP) is 4.37. The van der Waals surface area contributed by atoms with Crippen LogP contribution in [0.25, 0.3) is 0 Å². The van der Waals surface area contributed by atoms with E-state index in [1.165, 1.54) is 5.57 Å². The van der Waals surface area contributed by atoms with Gasteiger partial charge in [-0.1, -0.05) is 25.5 Å². The fourth-order valence-corrected chi connectivity index (χ4v) is 8.38. The van der Waals surface area contributed by atoms with Crippen molar-refractivity contribution in [2.45, 2.75) is 82.5 Å². The summed E-state index contributed by atoms with van der Waals surface area (Å²) in [5.74, 6) is 0.689. The maximum Gasteiger partial charge on any atom is 0.0986 e. The van der Waals surface area contributed by atoms with Crippen LogP contribution in [0.5, 0.6) is 0 Å². The van der Waals surface area contributed by atoms with Gasteiger partial charge in [0.25, 0.3) is 0 Å². The van der Waals surface area contributed by atoms with Gasteiger partial charge in [0.1, 0.15) is 0 Å². The van der Waals surface area contributed by atoms with Gasteiger partial charge >= 0.3 is 0 Å². The van der Waals surface area contributed by atoms with Gasteiger partial charge in [-0.15, -0.1) is 0 Å². The van der Waals surface area contributed by atoms with Crippen molar-refractivity contribution >= 4 is 11.3 Å². The van der Waals surface area contributed by atoms with Gasteiger partial charge in [-0.3, -0.25) is 0 Å². The third kappa shape index (κ3) is 2.13. The first-order valence-corrected chi connectivity index (χ1v) is 11.6. The summed E-state index contributed by atoms with van der Waals surface area (Å²) in [5.41, 5.74) is 0.286. The van der Waals surface area contributed by atoms with Gasteiger partial charge in [-0.2, -0.15) is 11.3 Å². The first kappa shape index (κ1) is 18.4. The predicted molar refractivity (Wildman–Crippen MR) is 107 cm³/mol. The van der Waals surface area contributed by atoms with Gasteiger partial charge < -0.3 is 15.3 Å². The molecule has 3 N–H and O–H groups in total. The van der Waals surface area contributed by atoms with Crippen LogP contribution in [0.3, 0.4) is 0 Å². The number of hydrogen-bond acceptors (Lipinski definition) is 4. The average molecular weight is 389 g/mol. The molecule has 5 rings (SSSR count). The average Bonchev–Trinajstić information content (AvgIpc) is 3.24. The van der Waals surface area contributed by atoms with E-state index in [-0.39, 0.29) is 17.4 Å². The minimum absolute atomic E-state index is 0.0995. The number of hydrogen-bond donors (Lipinski definition) is 3. The Labute approximate surface area is 166 Å². The van der Waals surface area contributed by atoms with Crippen LogP contribution in [0.15, 0.2) is 28.5 Å². The molecule has 3 fully saturated rings. The van der Waals surface area contributed by atoms with Gasteiger partial charge in [-0.25, -0.2) is 0 Å². The van der Waals surface area contributed by atoms with E-state index in [1.54, 1.807) is 11.3 Å². The molecule has 4 aliphatic rings. The normalized spacial score (nSPS) is 51.9. The number of thiophene rings is 1. The highest BCUT2D eigenvalue weighted by Gasteiger charge is 2.71. The van der Waals surface area contributed by atoms with E-state index in [9.17, 15) is 15.3 Å². The van der Waals surface area contributed by atoms with E-state index >= 15 is 0 Å². The third-order valence-electron chi connectivity index (χ3n) is 9.42. The SMILES string of the molecule is C[C@]12CCC(O)C=C1CC[C@@H]1[C@H]2CC[C@]2(C)C(O)(c3ccsc3)CC[C@@]12O. The second-order valence-electron chi connectivity index (χ2n) is 10.1. The van der Waals surface area contributed by atoms with Crippen molar-refractivity contribution in [2.75, 3.05) is 0 Å². The lowest BCUT2D eigenvalue weighted by Gasteiger charge is -2.62. The zero-order valence-corrected chi connectivity index (χ0v) is 17.3. The van der Waals surface area contributed by atoms with E-state index in [0.717, 1.165) is 44.1 Å². The van der Waals surface area contributed by atoms with Crippen molar-refractivity contribution in [1.82, 2.24) is 0 Å². The van der Waals surface area contributed by atoms with Crippen molar-refractivity contribution in [3.8, 4) is 0 Å². The lowest BCUT2D eigenvalue weighted by atomic mass is 9.44. The largest absolute Gasteiger partial charge is 0.389 e. The molecule has 1 heterocycles. The second kappa shape index (κ2) is 5.69. The molecule has 4 aliphatic carbocycles. The van der Waals surface area contributed by atoms with Crippen LogP contribution in [-0.4, -0.2) is 27.0 Å². The maximum atomic E-state index is 12.1. The molecule has 0 radical (unpaired) electrons. The lowest BCUT2D eigenvalue weighted by Crippen LogP contribution is -2.63. The summed E-state index contributed by atoms with van der Waals surface area (Å²) < 4.78 is 0. The molecule has 0 aliphatic heterocycles. The molecule has 4 heteroatoms. The van der Waals surface area contributed by atoms with Gasteiger partial charge in [-0.05, 0) is 91.0 Å². The fourth-order valence-electron chi connectivity index (χ4n) is 7.66. The molecule has 1 aromatic rings. The standard InChI is InChI=1S/C23H32O3S/c1-20-8-5-17(24)13-15(20)3-4-19-18(20)6-9-21(2)22(25,10-11-23(19,21)26)16-7-12-27-14-16/h7,12-14,17-19,24-26H,3-6,8-11H2,1-2H3/t17?,18-,19-,20+,21-,22?,23-/m1/s1. The smallest absolute Gasteiger partial charge is 0.0986 e. The molecule has 2 unspecified atom stereocenters. The molecule has 0 aromatic carbocycles. The number of rotatable bonds is 1. The molecule has 148 valence electrons. The van der Waals surface area contributed by atoms with Crippen molar-refractivity contribution < 1.29 is 15.3 Å². The highest BCUT2D eigenvalue weighted by atomic mass is 32.1. The Morgan fingerprint density at radius 1 is 1.00 bits per heavy atom. The lowest BCUT2D eigenvalue weighted by molar-refractivity contribution is -0.221. The Balaban J connectivity index is 1.56. The Morgan fingerprint density at radius 3 is 2.56 bits per heavy atom. The van der Waals surface area contributed by atoms with E-state index in [4.69, 9.17) is 0 Å². The molecule has 7 atom stereocenters. The molecule has 3 nitrogen and oxygen atoms in total. The van der Waals surface area contributed by atoms with E-state index < -0.39 is 16.6 Å². The highest BCUT2D eigenvalue weighted by Crippen LogP contribution is 2.71. The summed E-state index contributed by atoms with van der Waals surface area (Å²) in [6, 6.07) is 2.04. The summed E-state index contributed by atoms with van der Waals surface area (Å²) in [6.45, 7) is 4.51. The fraction of sp³-hybridized carbons (Fsp3) is 0.739. The van der Waals surface area contributed by atoms with Crippen LogP contribution in [0.1, 0.15) is 70.8 Å². The zero-order valence-electron chi connectivity index (χ0n) is 16.4. The summed E-state index contributed by atoms with van der Waals surface area (Å²) >= 11 is 1.63. The number of aliphatic hydroxyl groups is 3.